The van der Waals surface area contributed by atoms with Gasteiger partial charge in [-0.1, -0.05) is 0 Å². The number of rotatable bonds is 3. The fourth-order valence-electron chi connectivity index (χ4n) is 1.21. The van der Waals surface area contributed by atoms with Crippen LogP contribution in [0.5, 0.6) is 0 Å². The maximum Gasteiger partial charge on any atom is 0.291 e. The van der Waals surface area contributed by atoms with Gasteiger partial charge in [0.15, 0.2) is 5.01 Å². The second-order valence-corrected chi connectivity index (χ2v) is 5.13. The average molecular weight is 267 g/mol. The fraction of sp³-hybridized carbons (Fsp3) is 0.100. The van der Waals surface area contributed by atoms with Crippen LogP contribution < -0.4 is 4.72 Å². The van der Waals surface area contributed by atoms with Gasteiger partial charge in [-0.15, -0.1) is 11.3 Å². The van der Waals surface area contributed by atoms with E-state index in [0.29, 0.717) is 10.7 Å². The predicted octanol–water partition coefficient (Wildman–Crippen LogP) is 1.23. The van der Waals surface area contributed by atoms with E-state index in [1.807, 2.05) is 12.1 Å². The number of carbonyl (C=O) groups is 1. The van der Waals surface area contributed by atoms with Crippen LogP contribution in [-0.2, 0) is 11.0 Å². The lowest BCUT2D eigenvalue weighted by molar-refractivity contribution is 0.0983. The number of amides is 1. The maximum atomic E-state index is 11.5. The molecule has 1 atom stereocenters. The number of pyridine rings is 1. The lowest BCUT2D eigenvalue weighted by atomic mass is 10.2. The second kappa shape index (κ2) is 5.15. The van der Waals surface area contributed by atoms with E-state index in [-0.39, 0.29) is 0 Å². The molecule has 2 aromatic rings. The summed E-state index contributed by atoms with van der Waals surface area (Å²) < 4.78 is 13.1. The Kier molecular flexibility index (Phi) is 3.60. The van der Waals surface area contributed by atoms with Crippen molar-refractivity contribution in [3.05, 3.63) is 34.9 Å². The molecular formula is C10H9N3O2S2. The third kappa shape index (κ3) is 2.95. The molecule has 0 aliphatic rings. The number of thiazole rings is 1. The molecule has 7 heteroatoms. The summed E-state index contributed by atoms with van der Waals surface area (Å²) in [5, 5.41) is 2.08. The van der Waals surface area contributed by atoms with E-state index in [0.717, 1.165) is 5.56 Å². The molecule has 0 fully saturated rings. The fourth-order valence-corrected chi connectivity index (χ4v) is 2.35. The van der Waals surface area contributed by atoms with Crippen molar-refractivity contribution in [1.82, 2.24) is 14.7 Å². The van der Waals surface area contributed by atoms with Crippen molar-refractivity contribution in [3.8, 4) is 11.3 Å². The number of nitrogens with zero attached hydrogens (tertiary/aromatic N) is 2. The van der Waals surface area contributed by atoms with E-state index in [1.54, 1.807) is 17.8 Å². The van der Waals surface area contributed by atoms with Gasteiger partial charge in [0.2, 0.25) is 0 Å². The Morgan fingerprint density at radius 3 is 2.76 bits per heavy atom. The number of hydrogen-bond donors (Lipinski definition) is 1. The van der Waals surface area contributed by atoms with E-state index < -0.39 is 16.9 Å². The van der Waals surface area contributed by atoms with E-state index in [2.05, 4.69) is 14.7 Å². The molecule has 1 amide bonds. The van der Waals surface area contributed by atoms with Crippen molar-refractivity contribution in [3.63, 3.8) is 0 Å². The zero-order chi connectivity index (χ0) is 12.3. The first-order valence-electron chi connectivity index (χ1n) is 4.67. The van der Waals surface area contributed by atoms with Gasteiger partial charge in [0.25, 0.3) is 5.91 Å². The summed E-state index contributed by atoms with van der Waals surface area (Å²) in [6.07, 6.45) is 4.72. The van der Waals surface area contributed by atoms with Gasteiger partial charge in [-0.25, -0.2) is 9.19 Å². The third-order valence-electron chi connectivity index (χ3n) is 1.91. The first-order valence-corrected chi connectivity index (χ1v) is 7.11. The van der Waals surface area contributed by atoms with Crippen molar-refractivity contribution >= 4 is 28.2 Å². The maximum absolute atomic E-state index is 11.5. The highest BCUT2D eigenvalue weighted by Gasteiger charge is 2.12. The summed E-state index contributed by atoms with van der Waals surface area (Å²) in [5.74, 6) is -0.420. The van der Waals surface area contributed by atoms with Crippen LogP contribution in [0.4, 0.5) is 0 Å². The van der Waals surface area contributed by atoms with Crippen LogP contribution in [0.3, 0.4) is 0 Å². The average Bonchev–Trinajstić information content (AvgIpc) is 2.78. The van der Waals surface area contributed by atoms with Gasteiger partial charge in [0.1, 0.15) is 11.0 Å². The van der Waals surface area contributed by atoms with Gasteiger partial charge < -0.3 is 0 Å². The van der Waals surface area contributed by atoms with Gasteiger partial charge in [0.05, 0.1) is 5.69 Å². The highest BCUT2D eigenvalue weighted by molar-refractivity contribution is 7.82. The van der Waals surface area contributed by atoms with Crippen molar-refractivity contribution in [2.45, 2.75) is 0 Å². The van der Waals surface area contributed by atoms with Crippen molar-refractivity contribution in [2.24, 2.45) is 0 Å². The van der Waals surface area contributed by atoms with Crippen LogP contribution >= 0.6 is 11.3 Å². The largest absolute Gasteiger partial charge is 0.291 e. The molecule has 88 valence electrons. The molecule has 0 saturated heterocycles. The Labute approximate surface area is 105 Å². The molecule has 1 N–H and O–H groups in total. The van der Waals surface area contributed by atoms with Crippen LogP contribution in [0.25, 0.3) is 11.3 Å². The van der Waals surface area contributed by atoms with Crippen LogP contribution in [-0.4, -0.2) is 26.3 Å². The Morgan fingerprint density at radius 2 is 2.12 bits per heavy atom. The molecule has 0 spiro atoms. The molecule has 0 saturated carbocycles. The van der Waals surface area contributed by atoms with Gasteiger partial charge in [0, 0.05) is 29.6 Å². The predicted molar refractivity (Wildman–Crippen MR) is 66.9 cm³/mol. The SMILES string of the molecule is CS(=O)NC(=O)c1nc(-c2ccncc2)cs1. The lowest BCUT2D eigenvalue weighted by Gasteiger charge is -1.96. The number of aromatic nitrogens is 2. The monoisotopic (exact) mass is 267 g/mol. The van der Waals surface area contributed by atoms with E-state index in [4.69, 9.17) is 0 Å². The van der Waals surface area contributed by atoms with Crippen molar-refractivity contribution in [2.75, 3.05) is 6.26 Å². The van der Waals surface area contributed by atoms with E-state index >= 15 is 0 Å². The summed E-state index contributed by atoms with van der Waals surface area (Å²) in [5.41, 5.74) is 1.61. The van der Waals surface area contributed by atoms with Crippen LogP contribution in [0.15, 0.2) is 29.9 Å². The molecule has 0 bridgehead atoms. The van der Waals surface area contributed by atoms with E-state index in [9.17, 15) is 9.00 Å². The molecule has 1 unspecified atom stereocenters. The third-order valence-corrected chi connectivity index (χ3v) is 3.22. The molecule has 0 aromatic carbocycles. The minimum absolute atomic E-state index is 0.298. The quantitative estimate of drug-likeness (QED) is 0.908. The minimum atomic E-state index is -1.37. The van der Waals surface area contributed by atoms with Gasteiger partial charge in [-0.05, 0) is 12.1 Å². The van der Waals surface area contributed by atoms with Crippen molar-refractivity contribution < 1.29 is 9.00 Å². The van der Waals surface area contributed by atoms with Gasteiger partial charge in [-0.2, -0.15) is 0 Å². The molecule has 2 heterocycles. The summed E-state index contributed by atoms with van der Waals surface area (Å²) in [4.78, 5) is 19.6. The number of nitrogens with one attached hydrogen (secondary N) is 1. The molecule has 0 aliphatic heterocycles. The Morgan fingerprint density at radius 1 is 1.41 bits per heavy atom. The standard InChI is InChI=1S/C10H9N3O2S2/c1-17(15)13-9(14)10-12-8(6-16-10)7-2-4-11-5-3-7/h2-6H,1H3,(H,13,14). The summed E-state index contributed by atoms with van der Waals surface area (Å²) in [6.45, 7) is 0. The minimum Gasteiger partial charge on any atom is -0.269 e. The van der Waals surface area contributed by atoms with Crippen LogP contribution in [0, 0.1) is 0 Å². The van der Waals surface area contributed by atoms with Crippen LogP contribution in [0.1, 0.15) is 9.80 Å². The highest BCUT2D eigenvalue weighted by atomic mass is 32.2. The van der Waals surface area contributed by atoms with Gasteiger partial charge in [-0.3, -0.25) is 14.5 Å². The van der Waals surface area contributed by atoms with Crippen LogP contribution in [0.2, 0.25) is 0 Å². The summed E-state index contributed by atoms with van der Waals surface area (Å²) >= 11 is 1.22. The second-order valence-electron chi connectivity index (χ2n) is 3.16. The normalized spacial score (nSPS) is 12.1. The Bertz CT molecular complexity index is 554. The molecule has 0 radical (unpaired) electrons. The molecule has 0 aliphatic carbocycles. The van der Waals surface area contributed by atoms with Crippen molar-refractivity contribution in [1.29, 1.82) is 0 Å². The first-order chi connectivity index (χ1) is 8.16. The topological polar surface area (TPSA) is 72.0 Å². The van der Waals surface area contributed by atoms with Gasteiger partial charge >= 0.3 is 0 Å². The summed E-state index contributed by atoms with van der Waals surface area (Å²) in [6, 6.07) is 3.63. The zero-order valence-corrected chi connectivity index (χ0v) is 10.5. The zero-order valence-electron chi connectivity index (χ0n) is 8.91. The molecule has 5 nitrogen and oxygen atoms in total. The molecular weight excluding hydrogens is 258 g/mol. The Balaban J connectivity index is 2.22. The number of carbonyl (C=O) groups excluding carboxylic acids is 1. The first kappa shape index (κ1) is 11.9. The lowest BCUT2D eigenvalue weighted by Crippen LogP contribution is -2.24. The molecule has 17 heavy (non-hydrogen) atoms. The van der Waals surface area contributed by atoms with E-state index in [1.165, 1.54) is 17.6 Å². The highest BCUT2D eigenvalue weighted by Crippen LogP contribution is 2.20. The molecule has 2 rings (SSSR count). The summed E-state index contributed by atoms with van der Waals surface area (Å²) in [7, 11) is -1.37. The Hall–Kier alpha value is -1.60. The molecule has 2 aromatic heterocycles. The smallest absolute Gasteiger partial charge is 0.269 e. The number of hydrogen-bond acceptors (Lipinski definition) is 5.